The van der Waals surface area contributed by atoms with Gasteiger partial charge in [0, 0.05) is 0 Å². The Labute approximate surface area is 99.3 Å². The summed E-state index contributed by atoms with van der Waals surface area (Å²) in [5, 5.41) is 13.5. The highest BCUT2D eigenvalue weighted by Crippen LogP contribution is 2.08. The van der Waals surface area contributed by atoms with Crippen LogP contribution in [0, 0.1) is 0 Å². The van der Waals surface area contributed by atoms with Gasteiger partial charge in [-0.25, -0.2) is 13.6 Å². The summed E-state index contributed by atoms with van der Waals surface area (Å²) in [6.45, 7) is 0. The molecular weight excluding hydrogens is 244 g/mol. The summed E-state index contributed by atoms with van der Waals surface area (Å²) in [6.07, 6.45) is 0.199. The fraction of sp³-hybridized carbons (Fsp3) is 0.300. The number of carboxylic acid groups (broad SMARTS) is 1. The number of benzene rings is 1. The highest BCUT2D eigenvalue weighted by atomic mass is 32.2. The van der Waals surface area contributed by atoms with Crippen LogP contribution in [0.25, 0.3) is 0 Å². The molecule has 5 N–H and O–H groups in total. The van der Waals surface area contributed by atoms with E-state index in [2.05, 4.69) is 0 Å². The number of rotatable bonds is 5. The molecule has 1 aromatic carbocycles. The molecule has 0 spiro atoms. The summed E-state index contributed by atoms with van der Waals surface area (Å²) >= 11 is 0. The normalized spacial score (nSPS) is 13.3. The maximum Gasteiger partial charge on any atom is 0.320 e. The van der Waals surface area contributed by atoms with Crippen LogP contribution < -0.4 is 10.9 Å². The second-order valence-electron chi connectivity index (χ2n) is 3.77. The minimum Gasteiger partial charge on any atom is -0.480 e. The van der Waals surface area contributed by atoms with Crippen LogP contribution in [0.3, 0.4) is 0 Å². The van der Waals surface area contributed by atoms with Crippen LogP contribution in [-0.2, 0) is 27.0 Å². The monoisotopic (exact) mass is 258 g/mol. The van der Waals surface area contributed by atoms with Crippen molar-refractivity contribution in [3.63, 3.8) is 0 Å². The highest BCUT2D eigenvalue weighted by molar-refractivity contribution is 7.88. The number of carboxylic acids is 1. The van der Waals surface area contributed by atoms with Crippen molar-refractivity contribution < 1.29 is 18.3 Å². The molecule has 0 fully saturated rings. The van der Waals surface area contributed by atoms with Crippen molar-refractivity contribution in [1.29, 1.82) is 0 Å². The summed E-state index contributed by atoms with van der Waals surface area (Å²) in [4.78, 5) is 10.5. The zero-order valence-corrected chi connectivity index (χ0v) is 9.85. The fourth-order valence-corrected chi connectivity index (χ4v) is 2.00. The van der Waals surface area contributed by atoms with Gasteiger partial charge in [-0.3, -0.25) is 4.79 Å². The molecule has 0 aliphatic rings. The van der Waals surface area contributed by atoms with Crippen LogP contribution >= 0.6 is 0 Å². The largest absolute Gasteiger partial charge is 0.480 e. The maximum absolute atomic E-state index is 10.8. The first kappa shape index (κ1) is 13.6. The lowest BCUT2D eigenvalue weighted by Crippen LogP contribution is -2.32. The van der Waals surface area contributed by atoms with E-state index < -0.39 is 22.0 Å². The fourth-order valence-electron chi connectivity index (χ4n) is 1.35. The molecule has 0 aromatic heterocycles. The van der Waals surface area contributed by atoms with Crippen LogP contribution in [0.4, 0.5) is 0 Å². The van der Waals surface area contributed by atoms with Gasteiger partial charge in [-0.1, -0.05) is 24.3 Å². The molecule has 0 heterocycles. The third kappa shape index (κ3) is 4.94. The molecule has 1 aromatic rings. The zero-order valence-electron chi connectivity index (χ0n) is 9.04. The molecule has 1 atom stereocenters. The number of primary sulfonamides is 1. The summed E-state index contributed by atoms with van der Waals surface area (Å²) in [5.41, 5.74) is 6.66. The Hall–Kier alpha value is -1.44. The van der Waals surface area contributed by atoms with Gasteiger partial charge in [0.2, 0.25) is 10.0 Å². The number of hydrogen-bond donors (Lipinski definition) is 3. The molecule has 6 nitrogen and oxygen atoms in total. The van der Waals surface area contributed by atoms with E-state index in [0.717, 1.165) is 5.56 Å². The van der Waals surface area contributed by atoms with Crippen molar-refractivity contribution in [2.75, 3.05) is 0 Å². The van der Waals surface area contributed by atoms with E-state index in [-0.39, 0.29) is 12.2 Å². The topological polar surface area (TPSA) is 123 Å². The minimum absolute atomic E-state index is 0.199. The van der Waals surface area contributed by atoms with Crippen molar-refractivity contribution in [3.05, 3.63) is 35.4 Å². The third-order valence-electron chi connectivity index (χ3n) is 2.16. The molecule has 94 valence electrons. The molecule has 0 unspecified atom stereocenters. The first-order valence-electron chi connectivity index (χ1n) is 4.84. The summed E-state index contributed by atoms with van der Waals surface area (Å²) in [7, 11) is -3.55. The number of aliphatic carboxylic acids is 1. The second kappa shape index (κ2) is 5.26. The smallest absolute Gasteiger partial charge is 0.320 e. The van der Waals surface area contributed by atoms with Crippen molar-refractivity contribution in [3.8, 4) is 0 Å². The van der Waals surface area contributed by atoms with Gasteiger partial charge in [-0.2, -0.15) is 0 Å². The Kier molecular flexibility index (Phi) is 4.22. The quantitative estimate of drug-likeness (QED) is 0.652. The van der Waals surface area contributed by atoms with E-state index in [4.69, 9.17) is 16.0 Å². The van der Waals surface area contributed by atoms with Crippen molar-refractivity contribution in [2.45, 2.75) is 18.2 Å². The molecule has 7 heteroatoms. The summed E-state index contributed by atoms with van der Waals surface area (Å²) < 4.78 is 21.7. The number of nitrogens with two attached hydrogens (primary N) is 2. The van der Waals surface area contributed by atoms with Gasteiger partial charge in [0.05, 0.1) is 5.75 Å². The van der Waals surface area contributed by atoms with Crippen LogP contribution in [0.1, 0.15) is 11.1 Å². The van der Waals surface area contributed by atoms with Crippen molar-refractivity contribution in [2.24, 2.45) is 10.9 Å². The first-order valence-corrected chi connectivity index (χ1v) is 6.56. The first-order chi connectivity index (χ1) is 7.78. The van der Waals surface area contributed by atoms with Crippen LogP contribution in [0.15, 0.2) is 24.3 Å². The van der Waals surface area contributed by atoms with Crippen LogP contribution in [0.2, 0.25) is 0 Å². The predicted octanol–water partition coefficient (Wildman–Crippen LogP) is -0.570. The van der Waals surface area contributed by atoms with Gasteiger partial charge in [0.1, 0.15) is 6.04 Å². The Balaban J connectivity index is 2.72. The van der Waals surface area contributed by atoms with E-state index in [1.165, 1.54) is 0 Å². The van der Waals surface area contributed by atoms with E-state index in [9.17, 15) is 13.2 Å². The predicted molar refractivity (Wildman–Crippen MR) is 62.6 cm³/mol. The van der Waals surface area contributed by atoms with Gasteiger partial charge in [-0.05, 0) is 17.5 Å². The molecular formula is C10H14N2O4S. The van der Waals surface area contributed by atoms with E-state index in [1.807, 2.05) is 0 Å². The summed E-state index contributed by atoms with van der Waals surface area (Å²) in [5.74, 6) is -1.31. The number of sulfonamides is 1. The maximum atomic E-state index is 10.8. The van der Waals surface area contributed by atoms with Gasteiger partial charge in [0.15, 0.2) is 0 Å². The van der Waals surface area contributed by atoms with Crippen molar-refractivity contribution >= 4 is 16.0 Å². The molecule has 17 heavy (non-hydrogen) atoms. The SMILES string of the molecule is N[C@@H](Cc1ccc(CS(N)(=O)=O)cc1)C(=O)O. The number of hydrogen-bond acceptors (Lipinski definition) is 4. The Morgan fingerprint density at radius 1 is 1.24 bits per heavy atom. The third-order valence-corrected chi connectivity index (χ3v) is 2.90. The highest BCUT2D eigenvalue weighted by Gasteiger charge is 2.12. The molecule has 0 radical (unpaired) electrons. The zero-order chi connectivity index (χ0) is 13.1. The average Bonchev–Trinajstić information content (AvgIpc) is 2.18. The van der Waals surface area contributed by atoms with E-state index >= 15 is 0 Å². The van der Waals surface area contributed by atoms with Gasteiger partial charge in [0.25, 0.3) is 0 Å². The van der Waals surface area contributed by atoms with Crippen molar-refractivity contribution in [1.82, 2.24) is 0 Å². The molecule has 0 saturated carbocycles. The minimum atomic E-state index is -3.55. The second-order valence-corrected chi connectivity index (χ2v) is 5.39. The van der Waals surface area contributed by atoms with Gasteiger partial charge < -0.3 is 10.8 Å². The van der Waals surface area contributed by atoms with Crippen LogP contribution in [0.5, 0.6) is 0 Å². The Morgan fingerprint density at radius 3 is 2.12 bits per heavy atom. The van der Waals surface area contributed by atoms with Gasteiger partial charge >= 0.3 is 5.97 Å². The Morgan fingerprint density at radius 2 is 1.71 bits per heavy atom. The molecule has 0 amide bonds. The lowest BCUT2D eigenvalue weighted by Gasteiger charge is -2.07. The average molecular weight is 258 g/mol. The molecule has 0 bridgehead atoms. The van der Waals surface area contributed by atoms with E-state index in [0.29, 0.717) is 5.56 Å². The Bertz CT molecular complexity index is 496. The standard InChI is InChI=1S/C10H14N2O4S/c11-9(10(13)14)5-7-1-3-8(4-2-7)6-17(12,15)16/h1-4,9H,5-6,11H2,(H,13,14)(H2,12,15,16)/t9-/m0/s1. The molecule has 0 aliphatic carbocycles. The molecule has 0 saturated heterocycles. The van der Waals surface area contributed by atoms with Crippen LogP contribution in [-0.4, -0.2) is 25.5 Å². The molecule has 0 aliphatic heterocycles. The lowest BCUT2D eigenvalue weighted by atomic mass is 10.1. The van der Waals surface area contributed by atoms with E-state index in [1.54, 1.807) is 24.3 Å². The summed E-state index contributed by atoms with van der Waals surface area (Å²) in [6, 6.07) is 5.51. The molecule has 1 rings (SSSR count). The number of carbonyl (C=O) groups is 1. The lowest BCUT2D eigenvalue weighted by molar-refractivity contribution is -0.138. The van der Waals surface area contributed by atoms with Gasteiger partial charge in [-0.15, -0.1) is 0 Å².